The van der Waals surface area contributed by atoms with Crippen LogP contribution in [0.2, 0.25) is 10.0 Å². The first-order valence-electron chi connectivity index (χ1n) is 7.27. The zero-order valence-corrected chi connectivity index (χ0v) is 13.6. The Morgan fingerprint density at radius 2 is 1.04 bits per heavy atom. The van der Waals surface area contributed by atoms with E-state index in [1.807, 2.05) is 57.6 Å². The highest BCUT2D eigenvalue weighted by Crippen LogP contribution is 2.33. The lowest BCUT2D eigenvalue weighted by Gasteiger charge is -2.18. The van der Waals surface area contributed by atoms with Gasteiger partial charge in [-0.1, -0.05) is 47.5 Å². The Kier molecular flexibility index (Phi) is 2.59. The molecule has 0 aliphatic heterocycles. The van der Waals surface area contributed by atoms with Crippen molar-refractivity contribution in [2.24, 2.45) is 0 Å². The quantitative estimate of drug-likeness (QED) is 0.240. The lowest BCUT2D eigenvalue weighted by atomic mass is 10.1. The van der Waals surface area contributed by atoms with Gasteiger partial charge in [-0.25, -0.2) is 0 Å². The number of halogens is 2. The van der Waals surface area contributed by atoms with Crippen molar-refractivity contribution >= 4 is 56.0 Å². The second-order valence-electron chi connectivity index (χ2n) is 5.68. The first-order valence-corrected chi connectivity index (χ1v) is 8.02. The predicted octanol–water partition coefficient (Wildman–Crippen LogP) is 3.96. The topological polar surface area (TPSA) is 43.0 Å². The van der Waals surface area contributed by atoms with Crippen molar-refractivity contribution in [2.45, 2.75) is 0 Å². The number of benzene rings is 2. The molecule has 24 heavy (non-hydrogen) atoms. The van der Waals surface area contributed by atoms with Gasteiger partial charge in [-0.05, 0) is 12.1 Å². The molecule has 0 aliphatic carbocycles. The van der Waals surface area contributed by atoms with Crippen LogP contribution in [-0.2, 0) is 0 Å². The highest BCUT2D eigenvalue weighted by molar-refractivity contribution is 6.39. The van der Waals surface area contributed by atoms with Crippen LogP contribution in [0.4, 0.5) is 0 Å². The van der Waals surface area contributed by atoms with Crippen LogP contribution in [0.25, 0.3) is 32.8 Å². The van der Waals surface area contributed by atoms with Gasteiger partial charge in [0.15, 0.2) is 0 Å². The van der Waals surface area contributed by atoms with E-state index in [2.05, 4.69) is 0 Å². The van der Waals surface area contributed by atoms with E-state index in [9.17, 15) is 9.59 Å². The fourth-order valence-corrected chi connectivity index (χ4v) is 3.97. The van der Waals surface area contributed by atoms with E-state index in [1.165, 1.54) is 0 Å². The first kappa shape index (κ1) is 13.8. The average molecular weight is 355 g/mol. The highest BCUT2D eigenvalue weighted by atomic mass is 35.5. The number of fused-ring (bicyclic) bond motifs is 3. The van der Waals surface area contributed by atoms with Crippen LogP contribution in [0.1, 0.15) is 0 Å². The smallest absolute Gasteiger partial charge is 0.248 e. The van der Waals surface area contributed by atoms with Crippen LogP contribution in [-0.4, -0.2) is 8.80 Å². The van der Waals surface area contributed by atoms with Crippen molar-refractivity contribution in [3.63, 3.8) is 0 Å². The molecule has 5 aromatic rings. The number of nitrogens with zero attached hydrogens (tertiary/aromatic N) is 2. The number of hydrogen-bond acceptors (Lipinski definition) is 2. The first-order chi connectivity index (χ1) is 11.6. The van der Waals surface area contributed by atoms with Crippen molar-refractivity contribution in [1.82, 2.24) is 8.80 Å². The molecule has 0 N–H and O–H groups in total. The molecule has 0 saturated carbocycles. The van der Waals surface area contributed by atoms with Gasteiger partial charge in [-0.15, -0.1) is 0 Å². The molecule has 3 heterocycles. The average Bonchev–Trinajstić information content (AvgIpc) is 2.62. The molecule has 3 aromatic heterocycles. The molecular weight excluding hydrogens is 347 g/mol. The van der Waals surface area contributed by atoms with Gasteiger partial charge < -0.3 is 8.80 Å². The predicted molar refractivity (Wildman–Crippen MR) is 97.1 cm³/mol. The summed E-state index contributed by atoms with van der Waals surface area (Å²) in [5, 5.41) is 1.77. The third-order valence-corrected chi connectivity index (χ3v) is 5.15. The second-order valence-corrected chi connectivity index (χ2v) is 6.44. The van der Waals surface area contributed by atoms with E-state index >= 15 is 0 Å². The standard InChI is InChI=1S/C18H8Cl2N2O2/c19-11-15-16(12(20)18(24)17(11)23)22-8-2-4-10-6-5-9-3-1-7-21(15)13(9)14(10)22/h1-8H. The lowest BCUT2D eigenvalue weighted by molar-refractivity contribution is 1.16. The Bertz CT molecular complexity index is 1310. The Morgan fingerprint density at radius 1 is 0.625 bits per heavy atom. The van der Waals surface area contributed by atoms with Crippen LogP contribution in [0.15, 0.2) is 58.4 Å². The summed E-state index contributed by atoms with van der Waals surface area (Å²) in [6, 6.07) is 11.7. The molecule has 5 rings (SSSR count). The van der Waals surface area contributed by atoms with Crippen molar-refractivity contribution in [1.29, 1.82) is 0 Å². The lowest BCUT2D eigenvalue weighted by Crippen LogP contribution is -2.26. The zero-order valence-electron chi connectivity index (χ0n) is 12.1. The molecule has 0 radical (unpaired) electrons. The van der Waals surface area contributed by atoms with Crippen molar-refractivity contribution in [2.75, 3.05) is 0 Å². The van der Waals surface area contributed by atoms with Crippen molar-refractivity contribution in [3.05, 3.63) is 79.3 Å². The maximum atomic E-state index is 12.2. The maximum Gasteiger partial charge on any atom is 0.248 e. The normalized spacial score (nSPS) is 12.1. The molecule has 0 aliphatic rings. The molecular formula is C18H8Cl2N2O2. The number of rotatable bonds is 0. The summed E-state index contributed by atoms with van der Waals surface area (Å²) in [5.41, 5.74) is 1.15. The summed E-state index contributed by atoms with van der Waals surface area (Å²) >= 11 is 12.5. The minimum Gasteiger partial charge on any atom is -0.311 e. The van der Waals surface area contributed by atoms with Gasteiger partial charge in [-0.2, -0.15) is 0 Å². The minimum atomic E-state index is -0.780. The largest absolute Gasteiger partial charge is 0.311 e. The molecule has 2 aromatic carbocycles. The molecule has 0 fully saturated rings. The van der Waals surface area contributed by atoms with E-state index in [0.717, 1.165) is 21.8 Å². The fourth-order valence-electron chi connectivity index (χ4n) is 3.44. The Labute approximate surface area is 144 Å². The molecule has 4 nitrogen and oxygen atoms in total. The molecule has 116 valence electrons. The van der Waals surface area contributed by atoms with Crippen molar-refractivity contribution in [3.8, 4) is 0 Å². The van der Waals surface area contributed by atoms with Gasteiger partial charge in [0.1, 0.15) is 10.0 Å². The summed E-state index contributed by atoms with van der Waals surface area (Å²) in [7, 11) is 0. The summed E-state index contributed by atoms with van der Waals surface area (Å²) in [6.45, 7) is 0. The van der Waals surface area contributed by atoms with Crippen LogP contribution in [0.3, 0.4) is 0 Å². The Morgan fingerprint density at radius 3 is 1.46 bits per heavy atom. The van der Waals surface area contributed by atoms with Crippen LogP contribution in [0.5, 0.6) is 0 Å². The van der Waals surface area contributed by atoms with Gasteiger partial charge in [0.25, 0.3) is 0 Å². The van der Waals surface area contributed by atoms with Gasteiger partial charge in [-0.3, -0.25) is 9.59 Å². The fraction of sp³-hybridized carbons (Fsp3) is 0. The molecule has 0 bridgehead atoms. The van der Waals surface area contributed by atoms with Crippen LogP contribution >= 0.6 is 23.2 Å². The van der Waals surface area contributed by atoms with E-state index in [-0.39, 0.29) is 10.0 Å². The van der Waals surface area contributed by atoms with Gasteiger partial charge >= 0.3 is 0 Å². The van der Waals surface area contributed by atoms with E-state index < -0.39 is 10.9 Å². The van der Waals surface area contributed by atoms with Crippen LogP contribution < -0.4 is 10.9 Å². The second kappa shape index (κ2) is 4.50. The molecule has 0 unspecified atom stereocenters. The zero-order chi connectivity index (χ0) is 16.6. The summed E-state index contributed by atoms with van der Waals surface area (Å²) in [4.78, 5) is 24.4. The number of hydrogen-bond donors (Lipinski definition) is 0. The maximum absolute atomic E-state index is 12.2. The minimum absolute atomic E-state index is 0.115. The third-order valence-electron chi connectivity index (χ3n) is 4.44. The molecule has 0 atom stereocenters. The van der Waals surface area contributed by atoms with Gasteiger partial charge in [0, 0.05) is 23.2 Å². The summed E-state index contributed by atoms with van der Waals surface area (Å²) in [6.07, 6.45) is 3.65. The number of pyridine rings is 2. The van der Waals surface area contributed by atoms with E-state index in [4.69, 9.17) is 23.2 Å². The van der Waals surface area contributed by atoms with Gasteiger partial charge in [0.2, 0.25) is 10.9 Å². The summed E-state index contributed by atoms with van der Waals surface area (Å²) in [5.74, 6) is 0. The van der Waals surface area contributed by atoms with Crippen molar-refractivity contribution < 1.29 is 0 Å². The van der Waals surface area contributed by atoms with E-state index in [1.54, 1.807) is 0 Å². The molecule has 0 amide bonds. The monoisotopic (exact) mass is 354 g/mol. The van der Waals surface area contributed by atoms with Crippen LogP contribution in [0, 0.1) is 0 Å². The third kappa shape index (κ3) is 1.50. The summed E-state index contributed by atoms with van der Waals surface area (Å²) < 4.78 is 3.67. The Hall–Kier alpha value is -2.56. The molecule has 0 saturated heterocycles. The molecule has 0 spiro atoms. The SMILES string of the molecule is O=c1c(Cl)c2c(c(Cl)c1=O)n1cccc3ccc4cccn2c4c31. The molecule has 6 heteroatoms. The highest BCUT2D eigenvalue weighted by Gasteiger charge is 2.20. The Balaban J connectivity index is 2.37. The van der Waals surface area contributed by atoms with Gasteiger partial charge in [0.05, 0.1) is 22.1 Å². The van der Waals surface area contributed by atoms with E-state index in [0.29, 0.717) is 11.0 Å². The number of aromatic nitrogens is 2.